The first kappa shape index (κ1) is 20.2. The summed E-state index contributed by atoms with van der Waals surface area (Å²) in [7, 11) is 0. The summed E-state index contributed by atoms with van der Waals surface area (Å²) in [4.78, 5) is 29.6. The highest BCUT2D eigenvalue weighted by Gasteiger charge is 2.26. The molecule has 0 saturated carbocycles. The average molecular weight is 412 g/mol. The molecule has 1 aliphatic heterocycles. The summed E-state index contributed by atoms with van der Waals surface area (Å²) in [6, 6.07) is 10.3. The van der Waals surface area contributed by atoms with Gasteiger partial charge in [0.2, 0.25) is 5.43 Å². The van der Waals surface area contributed by atoms with E-state index in [1.54, 1.807) is 21.7 Å². The lowest BCUT2D eigenvalue weighted by Crippen LogP contribution is -2.49. The van der Waals surface area contributed by atoms with Gasteiger partial charge in [0.15, 0.2) is 5.69 Å². The highest BCUT2D eigenvalue weighted by Crippen LogP contribution is 2.14. The van der Waals surface area contributed by atoms with Gasteiger partial charge in [0.05, 0.1) is 10.9 Å². The van der Waals surface area contributed by atoms with Crippen LogP contribution in [0.1, 0.15) is 23.0 Å². The van der Waals surface area contributed by atoms with Gasteiger partial charge in [-0.05, 0) is 42.8 Å². The standard InChI is InChI=1S/C22H22F2N4O2/c1-2-28-19-8-7-17(24)13-18(19)21(29)20(25-28)22(30)27-11-9-26(10-12-27)14-15-3-5-16(23)6-4-15/h3-8,13H,2,9-12,14H2,1H3. The Morgan fingerprint density at radius 3 is 2.33 bits per heavy atom. The summed E-state index contributed by atoms with van der Waals surface area (Å²) in [5.41, 5.74) is 0.777. The monoisotopic (exact) mass is 412 g/mol. The number of piperazine rings is 1. The minimum atomic E-state index is -0.548. The molecule has 1 aromatic heterocycles. The molecule has 156 valence electrons. The number of amides is 1. The van der Waals surface area contributed by atoms with Gasteiger partial charge in [-0.3, -0.25) is 19.2 Å². The van der Waals surface area contributed by atoms with Crippen LogP contribution in [0.15, 0.2) is 47.3 Å². The van der Waals surface area contributed by atoms with Gasteiger partial charge in [0, 0.05) is 39.3 Å². The van der Waals surface area contributed by atoms with Crippen LogP contribution in [0, 0.1) is 11.6 Å². The molecule has 0 bridgehead atoms. The highest BCUT2D eigenvalue weighted by molar-refractivity contribution is 5.95. The van der Waals surface area contributed by atoms with E-state index >= 15 is 0 Å². The van der Waals surface area contributed by atoms with E-state index in [4.69, 9.17) is 0 Å². The predicted octanol–water partition coefficient (Wildman–Crippen LogP) is 2.65. The number of carbonyl (C=O) groups excluding carboxylic acids is 1. The first-order chi connectivity index (χ1) is 14.5. The van der Waals surface area contributed by atoms with E-state index in [0.717, 1.165) is 11.6 Å². The van der Waals surface area contributed by atoms with Gasteiger partial charge in [-0.15, -0.1) is 0 Å². The zero-order valence-electron chi connectivity index (χ0n) is 16.6. The molecule has 2 heterocycles. The van der Waals surface area contributed by atoms with E-state index < -0.39 is 17.2 Å². The second kappa shape index (κ2) is 8.31. The molecule has 3 aromatic rings. The molecular formula is C22H22F2N4O2. The molecule has 0 atom stereocenters. The molecule has 0 N–H and O–H groups in total. The Labute approximate surface area is 172 Å². The molecule has 4 rings (SSSR count). The van der Waals surface area contributed by atoms with Crippen LogP contribution in [0.25, 0.3) is 10.9 Å². The van der Waals surface area contributed by atoms with E-state index in [9.17, 15) is 18.4 Å². The maximum Gasteiger partial charge on any atom is 0.278 e. The number of rotatable bonds is 4. The normalized spacial score (nSPS) is 15.0. The minimum Gasteiger partial charge on any atom is -0.335 e. The van der Waals surface area contributed by atoms with Crippen LogP contribution in [0.3, 0.4) is 0 Å². The van der Waals surface area contributed by atoms with Gasteiger partial charge in [0.25, 0.3) is 5.91 Å². The molecule has 6 nitrogen and oxygen atoms in total. The van der Waals surface area contributed by atoms with Crippen molar-refractivity contribution < 1.29 is 13.6 Å². The molecule has 30 heavy (non-hydrogen) atoms. The average Bonchev–Trinajstić information content (AvgIpc) is 2.76. The Morgan fingerprint density at radius 1 is 1.00 bits per heavy atom. The van der Waals surface area contributed by atoms with E-state index in [1.807, 2.05) is 6.92 Å². The summed E-state index contributed by atoms with van der Waals surface area (Å²) < 4.78 is 28.3. The summed E-state index contributed by atoms with van der Waals surface area (Å²) in [6.07, 6.45) is 0. The summed E-state index contributed by atoms with van der Waals surface area (Å²) in [5.74, 6) is -1.23. The number of aryl methyl sites for hydroxylation is 1. The SMILES string of the molecule is CCn1nc(C(=O)N2CCN(Cc3ccc(F)cc3)CC2)c(=O)c2cc(F)ccc21. The molecule has 8 heteroatoms. The molecule has 1 aliphatic rings. The number of fused-ring (bicyclic) bond motifs is 1. The maximum absolute atomic E-state index is 13.7. The molecule has 0 unspecified atom stereocenters. The van der Waals surface area contributed by atoms with E-state index in [2.05, 4.69) is 10.00 Å². The maximum atomic E-state index is 13.7. The van der Waals surface area contributed by atoms with Crippen molar-refractivity contribution in [3.05, 3.63) is 75.6 Å². The number of hydrogen-bond donors (Lipinski definition) is 0. The molecule has 1 saturated heterocycles. The number of aromatic nitrogens is 2. The van der Waals surface area contributed by atoms with Crippen molar-refractivity contribution >= 4 is 16.8 Å². The van der Waals surface area contributed by atoms with Crippen LogP contribution in [0.5, 0.6) is 0 Å². The number of benzene rings is 2. The fourth-order valence-electron chi connectivity index (χ4n) is 3.75. The van der Waals surface area contributed by atoms with Gasteiger partial charge >= 0.3 is 0 Å². The van der Waals surface area contributed by atoms with Gasteiger partial charge in [-0.25, -0.2) is 8.78 Å². The molecule has 0 aliphatic carbocycles. The number of halogens is 2. The molecule has 1 fully saturated rings. The topological polar surface area (TPSA) is 58.4 Å². The first-order valence-corrected chi connectivity index (χ1v) is 9.92. The Kier molecular flexibility index (Phi) is 5.59. The Bertz CT molecular complexity index is 1140. The second-order valence-electron chi connectivity index (χ2n) is 7.35. The molecule has 1 amide bonds. The predicted molar refractivity (Wildman–Crippen MR) is 109 cm³/mol. The van der Waals surface area contributed by atoms with Crippen LogP contribution in [-0.2, 0) is 13.1 Å². The lowest BCUT2D eigenvalue weighted by atomic mass is 10.1. The summed E-state index contributed by atoms with van der Waals surface area (Å²) >= 11 is 0. The van der Waals surface area contributed by atoms with Gasteiger partial charge < -0.3 is 4.90 Å². The third kappa shape index (κ3) is 3.95. The van der Waals surface area contributed by atoms with Crippen LogP contribution in [0.2, 0.25) is 0 Å². The summed E-state index contributed by atoms with van der Waals surface area (Å²) in [6.45, 7) is 5.14. The Hall–Kier alpha value is -3.13. The quantitative estimate of drug-likeness (QED) is 0.661. The number of nitrogens with zero attached hydrogens (tertiary/aromatic N) is 4. The minimum absolute atomic E-state index is 0.158. The third-order valence-corrected chi connectivity index (χ3v) is 5.40. The van der Waals surface area contributed by atoms with Gasteiger partial charge in [-0.1, -0.05) is 12.1 Å². The second-order valence-corrected chi connectivity index (χ2v) is 7.35. The molecule has 0 radical (unpaired) electrons. The zero-order valence-corrected chi connectivity index (χ0v) is 16.6. The van der Waals surface area contributed by atoms with Crippen LogP contribution in [-0.4, -0.2) is 51.7 Å². The van der Waals surface area contributed by atoms with Crippen LogP contribution < -0.4 is 5.43 Å². The fourth-order valence-corrected chi connectivity index (χ4v) is 3.75. The fraction of sp³-hybridized carbons (Fsp3) is 0.318. The van der Waals surface area contributed by atoms with Gasteiger partial charge in [-0.2, -0.15) is 5.10 Å². The van der Waals surface area contributed by atoms with E-state index in [-0.39, 0.29) is 16.9 Å². The Morgan fingerprint density at radius 2 is 1.67 bits per heavy atom. The summed E-state index contributed by atoms with van der Waals surface area (Å²) in [5, 5.41) is 4.42. The van der Waals surface area contributed by atoms with Crippen molar-refractivity contribution in [2.75, 3.05) is 26.2 Å². The molecule has 2 aromatic carbocycles. The number of hydrogen-bond acceptors (Lipinski definition) is 4. The van der Waals surface area contributed by atoms with Crippen molar-refractivity contribution in [2.24, 2.45) is 0 Å². The first-order valence-electron chi connectivity index (χ1n) is 9.92. The lowest BCUT2D eigenvalue weighted by molar-refractivity contribution is 0.0619. The van der Waals surface area contributed by atoms with E-state index in [0.29, 0.717) is 44.8 Å². The van der Waals surface area contributed by atoms with Crippen molar-refractivity contribution in [3.8, 4) is 0 Å². The molecular weight excluding hydrogens is 390 g/mol. The van der Waals surface area contributed by atoms with Crippen molar-refractivity contribution in [1.29, 1.82) is 0 Å². The number of carbonyl (C=O) groups is 1. The zero-order chi connectivity index (χ0) is 21.3. The smallest absolute Gasteiger partial charge is 0.278 e. The van der Waals surface area contributed by atoms with Crippen molar-refractivity contribution in [2.45, 2.75) is 20.0 Å². The van der Waals surface area contributed by atoms with E-state index in [1.165, 1.54) is 24.3 Å². The van der Waals surface area contributed by atoms with Crippen LogP contribution in [0.4, 0.5) is 8.78 Å². The van der Waals surface area contributed by atoms with Gasteiger partial charge in [0.1, 0.15) is 11.6 Å². The van der Waals surface area contributed by atoms with Crippen molar-refractivity contribution in [3.63, 3.8) is 0 Å². The van der Waals surface area contributed by atoms with Crippen molar-refractivity contribution in [1.82, 2.24) is 19.6 Å². The largest absolute Gasteiger partial charge is 0.335 e. The lowest BCUT2D eigenvalue weighted by Gasteiger charge is -2.34. The highest BCUT2D eigenvalue weighted by atomic mass is 19.1. The third-order valence-electron chi connectivity index (χ3n) is 5.40. The van der Waals surface area contributed by atoms with Crippen LogP contribution >= 0.6 is 0 Å². The Balaban J connectivity index is 1.51. The molecule has 0 spiro atoms.